The molecule has 6 rings (SSSR count). The smallest absolute Gasteiger partial charge is 0.240 e. The minimum Gasteiger partial charge on any atom is -0.368 e. The Kier molecular flexibility index (Phi) is 11.7. The highest BCUT2D eigenvalue weighted by atomic mass is 35.5. The summed E-state index contributed by atoms with van der Waals surface area (Å²) in [7, 11) is 0. The lowest BCUT2D eigenvalue weighted by molar-refractivity contribution is -0.127. The Bertz CT molecular complexity index is 1680. The summed E-state index contributed by atoms with van der Waals surface area (Å²) >= 11 is 5.93. The molecule has 3 heterocycles. The SMILES string of the molecule is Cc1cc(N2CCNCC2)ncc1-c1ccc(C[C@@H](C(N)=O)N(C(=O)C2CCC(CN)CC2)c2ccc(-c3n[nH]c(Cl)n3)cc2)cc1.Cl. The predicted molar refractivity (Wildman–Crippen MR) is 192 cm³/mol. The van der Waals surface area contributed by atoms with Crippen LogP contribution in [0, 0.1) is 18.8 Å². The van der Waals surface area contributed by atoms with Gasteiger partial charge in [-0.3, -0.25) is 14.5 Å². The van der Waals surface area contributed by atoms with Crippen LogP contribution in [0.3, 0.4) is 0 Å². The largest absolute Gasteiger partial charge is 0.368 e. The zero-order chi connectivity index (χ0) is 32.9. The summed E-state index contributed by atoms with van der Waals surface area (Å²) in [6, 6.07) is 16.6. The maximum atomic E-state index is 14.2. The average Bonchev–Trinajstić information content (AvgIpc) is 3.55. The van der Waals surface area contributed by atoms with E-state index in [1.165, 1.54) is 0 Å². The fourth-order valence-corrected chi connectivity index (χ4v) is 6.84. The molecule has 11 nitrogen and oxygen atoms in total. The molecule has 1 aliphatic carbocycles. The van der Waals surface area contributed by atoms with Crippen molar-refractivity contribution in [1.82, 2.24) is 25.5 Å². The van der Waals surface area contributed by atoms with Gasteiger partial charge >= 0.3 is 0 Å². The van der Waals surface area contributed by atoms with E-state index in [2.05, 4.69) is 38.4 Å². The van der Waals surface area contributed by atoms with Gasteiger partial charge in [-0.05, 0) is 104 Å². The molecule has 2 fully saturated rings. The van der Waals surface area contributed by atoms with Crippen LogP contribution in [0.15, 0.2) is 60.8 Å². The number of anilines is 2. The van der Waals surface area contributed by atoms with Crippen molar-refractivity contribution in [3.63, 3.8) is 0 Å². The number of H-pyrrole nitrogens is 1. The Labute approximate surface area is 292 Å². The van der Waals surface area contributed by atoms with E-state index in [1.54, 1.807) is 4.90 Å². The Morgan fingerprint density at radius 3 is 2.27 bits per heavy atom. The zero-order valence-electron chi connectivity index (χ0n) is 27.1. The number of aromatic amines is 1. The molecule has 48 heavy (non-hydrogen) atoms. The van der Waals surface area contributed by atoms with Crippen LogP contribution in [0.25, 0.3) is 22.5 Å². The molecule has 1 atom stereocenters. The van der Waals surface area contributed by atoms with Crippen LogP contribution in [0.5, 0.6) is 0 Å². The van der Waals surface area contributed by atoms with Crippen LogP contribution < -0.4 is 26.6 Å². The molecule has 2 amide bonds. The third kappa shape index (κ3) is 7.98. The quantitative estimate of drug-likeness (QED) is 0.189. The van der Waals surface area contributed by atoms with Crippen molar-refractivity contribution in [2.75, 3.05) is 42.5 Å². The molecule has 2 aromatic heterocycles. The number of halogens is 2. The highest BCUT2D eigenvalue weighted by Gasteiger charge is 2.36. The van der Waals surface area contributed by atoms with Crippen LogP contribution in [-0.2, 0) is 16.0 Å². The number of benzene rings is 2. The Morgan fingerprint density at radius 1 is 1.02 bits per heavy atom. The molecular formula is C35H43Cl2N9O2. The number of carbonyl (C=O) groups excluding carboxylic acids is 2. The van der Waals surface area contributed by atoms with Crippen molar-refractivity contribution < 1.29 is 9.59 Å². The first-order valence-corrected chi connectivity index (χ1v) is 16.7. The summed E-state index contributed by atoms with van der Waals surface area (Å²) in [5.41, 5.74) is 17.4. The van der Waals surface area contributed by atoms with E-state index < -0.39 is 11.9 Å². The number of primary amides is 1. The van der Waals surface area contributed by atoms with E-state index in [9.17, 15) is 9.59 Å². The Balaban J connectivity index is 0.00000451. The molecule has 2 aromatic carbocycles. The van der Waals surface area contributed by atoms with E-state index in [1.807, 2.05) is 54.7 Å². The number of carbonyl (C=O) groups is 2. The van der Waals surface area contributed by atoms with Gasteiger partial charge < -0.3 is 21.7 Å². The monoisotopic (exact) mass is 691 g/mol. The summed E-state index contributed by atoms with van der Waals surface area (Å²) in [6.07, 6.45) is 5.44. The number of aryl methyl sites for hydroxylation is 1. The minimum absolute atomic E-state index is 0. The van der Waals surface area contributed by atoms with Gasteiger partial charge in [-0.25, -0.2) is 10.1 Å². The van der Waals surface area contributed by atoms with Crippen LogP contribution in [0.2, 0.25) is 5.28 Å². The van der Waals surface area contributed by atoms with E-state index >= 15 is 0 Å². The number of amides is 2. The van der Waals surface area contributed by atoms with E-state index in [0.717, 1.165) is 85.5 Å². The standard InChI is InChI=1S/C35H42ClN9O2.ClH/c1-22-18-31(44-16-14-39-15-17-44)40-21-29(22)25-6-2-23(3-7-25)19-30(32(38)46)45(34(47)27-8-4-24(20-37)5-9-27)28-12-10-26(11-13-28)33-41-35(36)43-42-33;/h2-3,6-7,10-13,18,21,24,27,30,39H,4-5,8-9,14-17,19-20,37H2,1H3,(H2,38,46)(H,41,42,43);1H/t24?,27?,30-;/m0./s1. The highest BCUT2D eigenvalue weighted by Crippen LogP contribution is 2.33. The third-order valence-corrected chi connectivity index (χ3v) is 9.67. The number of pyridine rings is 1. The van der Waals surface area contributed by atoms with E-state index in [0.29, 0.717) is 24.0 Å². The van der Waals surface area contributed by atoms with Crippen molar-refractivity contribution in [3.8, 4) is 22.5 Å². The molecule has 13 heteroatoms. The number of nitrogens with two attached hydrogens (primary N) is 2. The second-order valence-corrected chi connectivity index (χ2v) is 12.9. The van der Waals surface area contributed by atoms with Crippen molar-refractivity contribution in [1.29, 1.82) is 0 Å². The number of nitrogens with one attached hydrogen (secondary N) is 2. The molecule has 254 valence electrons. The number of nitrogens with zero attached hydrogens (tertiary/aromatic N) is 5. The molecule has 1 saturated carbocycles. The second-order valence-electron chi connectivity index (χ2n) is 12.6. The fraction of sp³-hybridized carbons (Fsp3) is 0.400. The van der Waals surface area contributed by atoms with Gasteiger partial charge in [-0.1, -0.05) is 24.3 Å². The highest BCUT2D eigenvalue weighted by molar-refractivity contribution is 6.28. The summed E-state index contributed by atoms with van der Waals surface area (Å²) < 4.78 is 0. The maximum absolute atomic E-state index is 14.2. The normalized spacial score (nSPS) is 18.5. The topological polar surface area (TPSA) is 159 Å². The number of aromatic nitrogens is 4. The number of rotatable bonds is 10. The summed E-state index contributed by atoms with van der Waals surface area (Å²) in [5, 5.41) is 10.3. The molecule has 0 radical (unpaired) electrons. The van der Waals surface area contributed by atoms with Crippen LogP contribution in [0.4, 0.5) is 11.5 Å². The van der Waals surface area contributed by atoms with Gasteiger partial charge in [0.2, 0.25) is 17.1 Å². The van der Waals surface area contributed by atoms with Gasteiger partial charge in [0.15, 0.2) is 5.82 Å². The minimum atomic E-state index is -0.883. The molecular weight excluding hydrogens is 649 g/mol. The number of piperazine rings is 1. The van der Waals surface area contributed by atoms with E-state index in [4.69, 9.17) is 28.1 Å². The van der Waals surface area contributed by atoms with Crippen LogP contribution >= 0.6 is 24.0 Å². The molecule has 4 aromatic rings. The Hall–Kier alpha value is -4.03. The fourth-order valence-electron chi connectivity index (χ4n) is 6.72. The summed E-state index contributed by atoms with van der Waals surface area (Å²) in [4.78, 5) is 40.2. The molecule has 1 aliphatic heterocycles. The Morgan fingerprint density at radius 2 is 1.69 bits per heavy atom. The number of hydrogen-bond donors (Lipinski definition) is 4. The second kappa shape index (κ2) is 15.9. The first kappa shape index (κ1) is 35.3. The van der Waals surface area contributed by atoms with Crippen LogP contribution in [0.1, 0.15) is 36.8 Å². The number of hydrogen-bond acceptors (Lipinski definition) is 8. The van der Waals surface area contributed by atoms with Crippen molar-refractivity contribution in [2.45, 2.75) is 45.1 Å². The van der Waals surface area contributed by atoms with Gasteiger partial charge in [0.25, 0.3) is 0 Å². The lowest BCUT2D eigenvalue weighted by Crippen LogP contribution is -2.52. The predicted octanol–water partition coefficient (Wildman–Crippen LogP) is 4.52. The van der Waals surface area contributed by atoms with Gasteiger partial charge in [-0.15, -0.1) is 12.4 Å². The molecule has 1 saturated heterocycles. The first-order chi connectivity index (χ1) is 22.8. The van der Waals surface area contributed by atoms with E-state index in [-0.39, 0.29) is 35.9 Å². The lowest BCUT2D eigenvalue weighted by atomic mass is 9.81. The lowest BCUT2D eigenvalue weighted by Gasteiger charge is -2.35. The molecule has 0 unspecified atom stereocenters. The first-order valence-electron chi connectivity index (χ1n) is 16.3. The van der Waals surface area contributed by atoms with Crippen molar-refractivity contribution in [2.24, 2.45) is 23.3 Å². The average molecular weight is 693 g/mol. The van der Waals surface area contributed by atoms with Crippen molar-refractivity contribution in [3.05, 3.63) is 77.2 Å². The van der Waals surface area contributed by atoms with Gasteiger partial charge in [-0.2, -0.15) is 10.1 Å². The van der Waals surface area contributed by atoms with Gasteiger partial charge in [0, 0.05) is 61.5 Å². The summed E-state index contributed by atoms with van der Waals surface area (Å²) in [5.74, 6) is 0.977. The van der Waals surface area contributed by atoms with Gasteiger partial charge in [0.1, 0.15) is 11.9 Å². The molecule has 6 N–H and O–H groups in total. The molecule has 0 bridgehead atoms. The zero-order valence-corrected chi connectivity index (χ0v) is 28.6. The molecule has 2 aliphatic rings. The summed E-state index contributed by atoms with van der Waals surface area (Å²) in [6.45, 7) is 6.52. The third-order valence-electron chi connectivity index (χ3n) is 9.50. The maximum Gasteiger partial charge on any atom is 0.240 e. The van der Waals surface area contributed by atoms with Crippen LogP contribution in [-0.4, -0.2) is 70.7 Å². The van der Waals surface area contributed by atoms with Crippen molar-refractivity contribution >= 4 is 47.3 Å². The van der Waals surface area contributed by atoms with Gasteiger partial charge in [0.05, 0.1) is 0 Å². The molecule has 0 spiro atoms.